The van der Waals surface area contributed by atoms with Crippen molar-refractivity contribution in [1.82, 2.24) is 5.32 Å². The van der Waals surface area contributed by atoms with Crippen molar-refractivity contribution in [3.05, 3.63) is 111 Å². The van der Waals surface area contributed by atoms with Gasteiger partial charge in [-0.05, 0) is 47.7 Å². The second kappa shape index (κ2) is 11.5. The number of methoxy groups -OCH3 is 1. The summed E-state index contributed by atoms with van der Waals surface area (Å²) in [4.78, 5) is 24.9. The van der Waals surface area contributed by atoms with Gasteiger partial charge in [-0.25, -0.2) is 4.79 Å². The van der Waals surface area contributed by atoms with Crippen LogP contribution in [0.3, 0.4) is 0 Å². The lowest BCUT2D eigenvalue weighted by atomic mass is 10.0. The normalized spacial score (nSPS) is 10.9. The van der Waals surface area contributed by atoms with Gasteiger partial charge < -0.3 is 19.2 Å². The minimum Gasteiger partial charge on any atom is -0.497 e. The van der Waals surface area contributed by atoms with Crippen LogP contribution in [0.2, 0.25) is 0 Å². The molecule has 0 atom stereocenters. The third-order valence-electron chi connectivity index (χ3n) is 5.99. The maximum Gasteiger partial charge on any atom is 0.339 e. The molecular formula is C29H29NO5. The van der Waals surface area contributed by atoms with Crippen LogP contribution in [-0.2, 0) is 35.7 Å². The van der Waals surface area contributed by atoms with Crippen molar-refractivity contribution in [3.63, 3.8) is 0 Å². The van der Waals surface area contributed by atoms with Gasteiger partial charge in [0.15, 0.2) is 0 Å². The molecule has 0 saturated carbocycles. The number of aryl methyl sites for hydroxylation is 1. The van der Waals surface area contributed by atoms with Crippen molar-refractivity contribution in [1.29, 1.82) is 0 Å². The molecule has 0 aliphatic carbocycles. The number of benzene rings is 3. The molecule has 0 bridgehead atoms. The molecule has 0 spiro atoms. The zero-order valence-electron chi connectivity index (χ0n) is 20.0. The van der Waals surface area contributed by atoms with E-state index in [4.69, 9.17) is 13.9 Å². The van der Waals surface area contributed by atoms with E-state index in [1.165, 1.54) is 0 Å². The lowest BCUT2D eigenvalue weighted by Gasteiger charge is -2.10. The molecule has 0 fully saturated rings. The highest BCUT2D eigenvalue weighted by Gasteiger charge is 2.13. The molecule has 0 aliphatic heterocycles. The van der Waals surface area contributed by atoms with Crippen LogP contribution in [-0.4, -0.2) is 13.0 Å². The number of fused-ring (bicyclic) bond motifs is 1. The molecule has 3 aromatic carbocycles. The first kappa shape index (κ1) is 24.2. The summed E-state index contributed by atoms with van der Waals surface area (Å²) >= 11 is 0. The van der Waals surface area contributed by atoms with Gasteiger partial charge in [0.05, 0.1) is 20.3 Å². The first-order valence-corrected chi connectivity index (χ1v) is 11.6. The first-order valence-electron chi connectivity index (χ1n) is 11.6. The Balaban J connectivity index is 1.26. The second-order valence-electron chi connectivity index (χ2n) is 8.43. The Kier molecular flexibility index (Phi) is 7.95. The maximum atomic E-state index is 12.5. The van der Waals surface area contributed by atoms with Crippen LogP contribution in [0.4, 0.5) is 0 Å². The summed E-state index contributed by atoms with van der Waals surface area (Å²) in [6.07, 6.45) is 0.526. The zero-order chi connectivity index (χ0) is 24.6. The minimum absolute atomic E-state index is 0.117. The van der Waals surface area contributed by atoms with Gasteiger partial charge in [0.2, 0.25) is 5.91 Å². The van der Waals surface area contributed by atoms with Crippen LogP contribution < -0.4 is 15.7 Å². The van der Waals surface area contributed by atoms with Gasteiger partial charge >= 0.3 is 5.63 Å². The SMILES string of the molecule is COc1ccc2c(C)c(CCC(=O)NCc3ccc(COCc4ccccc4)cc3)c(=O)oc2c1. The molecule has 0 aliphatic rings. The lowest BCUT2D eigenvalue weighted by molar-refractivity contribution is -0.121. The van der Waals surface area contributed by atoms with Gasteiger partial charge in [-0.3, -0.25) is 4.79 Å². The molecule has 0 radical (unpaired) electrons. The van der Waals surface area contributed by atoms with Crippen LogP contribution in [0.15, 0.2) is 82.0 Å². The fourth-order valence-corrected chi connectivity index (χ4v) is 3.93. The highest BCUT2D eigenvalue weighted by molar-refractivity contribution is 5.82. The third-order valence-corrected chi connectivity index (χ3v) is 5.99. The van der Waals surface area contributed by atoms with Crippen LogP contribution in [0, 0.1) is 6.92 Å². The molecule has 4 aromatic rings. The molecule has 35 heavy (non-hydrogen) atoms. The Morgan fingerprint density at radius 1 is 0.914 bits per heavy atom. The first-order chi connectivity index (χ1) is 17.0. The average Bonchev–Trinajstić information content (AvgIpc) is 2.88. The number of carbonyl (C=O) groups is 1. The number of carbonyl (C=O) groups excluding carboxylic acids is 1. The van der Waals surface area contributed by atoms with Crippen molar-refractivity contribution < 1.29 is 18.7 Å². The predicted molar refractivity (Wildman–Crippen MR) is 135 cm³/mol. The van der Waals surface area contributed by atoms with Crippen molar-refractivity contribution in [2.45, 2.75) is 39.5 Å². The molecule has 6 heteroatoms. The Morgan fingerprint density at radius 2 is 1.60 bits per heavy atom. The highest BCUT2D eigenvalue weighted by Crippen LogP contribution is 2.24. The molecule has 180 valence electrons. The fraction of sp³-hybridized carbons (Fsp3) is 0.241. The number of hydrogen-bond acceptors (Lipinski definition) is 5. The number of rotatable bonds is 10. The van der Waals surface area contributed by atoms with E-state index in [0.717, 1.165) is 27.6 Å². The molecule has 0 unspecified atom stereocenters. The van der Waals surface area contributed by atoms with Gasteiger partial charge in [0.25, 0.3) is 0 Å². The number of nitrogens with one attached hydrogen (secondary N) is 1. The zero-order valence-corrected chi connectivity index (χ0v) is 20.0. The van der Waals surface area contributed by atoms with E-state index in [0.29, 0.717) is 43.1 Å². The molecule has 1 heterocycles. The summed E-state index contributed by atoms with van der Waals surface area (Å²) in [7, 11) is 1.56. The highest BCUT2D eigenvalue weighted by atomic mass is 16.5. The maximum absolute atomic E-state index is 12.5. The molecule has 4 rings (SSSR count). The van der Waals surface area contributed by atoms with E-state index in [9.17, 15) is 9.59 Å². The topological polar surface area (TPSA) is 77.8 Å². The number of amides is 1. The number of hydrogen-bond donors (Lipinski definition) is 1. The molecule has 1 aromatic heterocycles. The summed E-state index contributed by atoms with van der Waals surface area (Å²) in [5, 5.41) is 3.77. The fourth-order valence-electron chi connectivity index (χ4n) is 3.93. The van der Waals surface area contributed by atoms with Crippen LogP contribution in [0.5, 0.6) is 5.75 Å². The number of ether oxygens (including phenoxy) is 2. The second-order valence-corrected chi connectivity index (χ2v) is 8.43. The molecular weight excluding hydrogens is 442 g/mol. The van der Waals surface area contributed by atoms with Gasteiger partial charge in [-0.1, -0.05) is 54.6 Å². The third kappa shape index (κ3) is 6.37. The lowest BCUT2D eigenvalue weighted by Crippen LogP contribution is -2.24. The van der Waals surface area contributed by atoms with E-state index in [1.54, 1.807) is 13.2 Å². The van der Waals surface area contributed by atoms with E-state index < -0.39 is 5.63 Å². The minimum atomic E-state index is -0.416. The van der Waals surface area contributed by atoms with Crippen molar-refractivity contribution in [2.24, 2.45) is 0 Å². The summed E-state index contributed by atoms with van der Waals surface area (Å²) < 4.78 is 16.4. The molecule has 1 amide bonds. The average molecular weight is 472 g/mol. The van der Waals surface area contributed by atoms with E-state index in [-0.39, 0.29) is 12.3 Å². The van der Waals surface area contributed by atoms with Crippen molar-refractivity contribution >= 4 is 16.9 Å². The van der Waals surface area contributed by atoms with Gasteiger partial charge in [0, 0.05) is 30.0 Å². The Labute approximate surface area is 204 Å². The summed E-state index contributed by atoms with van der Waals surface area (Å²) in [6, 6.07) is 23.4. The Morgan fingerprint density at radius 3 is 2.31 bits per heavy atom. The van der Waals surface area contributed by atoms with E-state index in [1.807, 2.05) is 73.7 Å². The van der Waals surface area contributed by atoms with E-state index >= 15 is 0 Å². The molecule has 0 saturated heterocycles. The van der Waals surface area contributed by atoms with Gasteiger partial charge in [-0.15, -0.1) is 0 Å². The van der Waals surface area contributed by atoms with Crippen molar-refractivity contribution in [3.8, 4) is 5.75 Å². The quantitative estimate of drug-likeness (QED) is 0.327. The Bertz CT molecular complexity index is 1340. The summed E-state index contributed by atoms with van der Waals surface area (Å²) in [5.74, 6) is 0.508. The van der Waals surface area contributed by atoms with Crippen LogP contribution >= 0.6 is 0 Å². The van der Waals surface area contributed by atoms with Crippen molar-refractivity contribution in [2.75, 3.05) is 7.11 Å². The monoisotopic (exact) mass is 471 g/mol. The van der Waals surface area contributed by atoms with Gasteiger partial charge in [-0.2, -0.15) is 0 Å². The van der Waals surface area contributed by atoms with Gasteiger partial charge in [0.1, 0.15) is 11.3 Å². The van der Waals surface area contributed by atoms with E-state index in [2.05, 4.69) is 5.32 Å². The smallest absolute Gasteiger partial charge is 0.339 e. The van der Waals surface area contributed by atoms with Crippen LogP contribution in [0.1, 0.15) is 34.2 Å². The molecule has 6 nitrogen and oxygen atoms in total. The summed E-state index contributed by atoms with van der Waals surface area (Å²) in [6.45, 7) is 3.41. The summed E-state index contributed by atoms with van der Waals surface area (Å²) in [5.41, 5.74) is 4.64. The largest absolute Gasteiger partial charge is 0.497 e. The Hall–Kier alpha value is -3.90. The standard InChI is InChI=1S/C29H29NO5/c1-20-25-13-12-24(33-2)16-27(25)35-29(32)26(20)14-15-28(31)30-17-21-8-10-23(11-9-21)19-34-18-22-6-4-3-5-7-22/h3-13,16H,14-15,17-19H2,1-2H3,(H,30,31). The predicted octanol–water partition coefficient (Wildman–Crippen LogP) is 5.08. The van der Waals surface area contributed by atoms with Crippen LogP contribution in [0.25, 0.3) is 11.0 Å². The molecule has 1 N–H and O–H groups in total.